The van der Waals surface area contributed by atoms with Crippen molar-refractivity contribution in [2.45, 2.75) is 0 Å². The van der Waals surface area contributed by atoms with Gasteiger partial charge in [0.1, 0.15) is 0 Å². The number of nitriles is 2. The van der Waals surface area contributed by atoms with E-state index in [1.165, 1.54) is 12.1 Å². The Balaban J connectivity index is 0. The SMILES string of the molecule is Cl.N#CC#N. The fourth-order valence-electron chi connectivity index (χ4n) is 0. The van der Waals surface area contributed by atoms with Crippen LogP contribution in [-0.2, 0) is 0 Å². The van der Waals surface area contributed by atoms with Crippen LogP contribution in [0.2, 0.25) is 0 Å². The van der Waals surface area contributed by atoms with Gasteiger partial charge in [-0.15, -0.1) is 12.4 Å². The Hall–Kier alpha value is -0.730. The van der Waals surface area contributed by atoms with Crippen LogP contribution >= 0.6 is 12.4 Å². The highest BCUT2D eigenvalue weighted by atomic mass is 35.5. The molecule has 0 saturated carbocycles. The van der Waals surface area contributed by atoms with Gasteiger partial charge in [0.25, 0.3) is 0 Å². The van der Waals surface area contributed by atoms with Gasteiger partial charge in [-0.3, -0.25) is 0 Å². The van der Waals surface area contributed by atoms with Gasteiger partial charge in [0.15, 0.2) is 12.1 Å². The lowest BCUT2D eigenvalue weighted by Crippen LogP contribution is -1.26. The van der Waals surface area contributed by atoms with Crippen molar-refractivity contribution in [3.05, 3.63) is 0 Å². The van der Waals surface area contributed by atoms with Gasteiger partial charge in [0, 0.05) is 0 Å². The zero-order chi connectivity index (χ0) is 3.41. The van der Waals surface area contributed by atoms with Crippen molar-refractivity contribution in [3.8, 4) is 12.1 Å². The van der Waals surface area contributed by atoms with Crippen LogP contribution in [0.15, 0.2) is 0 Å². The molecule has 0 aromatic carbocycles. The number of nitrogens with zero attached hydrogens (tertiary/aromatic N) is 2. The van der Waals surface area contributed by atoms with Crippen molar-refractivity contribution in [2.75, 3.05) is 0 Å². The number of hydrogen-bond acceptors (Lipinski definition) is 2. The van der Waals surface area contributed by atoms with E-state index in [1.807, 2.05) is 0 Å². The monoisotopic (exact) mass is 88.0 g/mol. The van der Waals surface area contributed by atoms with Gasteiger partial charge in [0.05, 0.1) is 0 Å². The number of rotatable bonds is 0. The zero-order valence-corrected chi connectivity index (χ0v) is 3.12. The van der Waals surface area contributed by atoms with Crippen molar-refractivity contribution in [2.24, 2.45) is 0 Å². The molecule has 26 valence electrons. The van der Waals surface area contributed by atoms with Crippen LogP contribution in [0, 0.1) is 22.7 Å². The first-order valence-electron chi connectivity index (χ1n) is 0.697. The molecule has 0 unspecified atom stereocenters. The molecule has 3 heteroatoms. The summed E-state index contributed by atoms with van der Waals surface area (Å²) in [4.78, 5) is 0. The van der Waals surface area contributed by atoms with Crippen molar-refractivity contribution < 1.29 is 0 Å². The molecule has 0 heterocycles. The highest BCUT2D eigenvalue weighted by Crippen LogP contribution is 1.27. The lowest BCUT2D eigenvalue weighted by Gasteiger charge is -1.16. The number of halogens is 1. The van der Waals surface area contributed by atoms with Crippen molar-refractivity contribution in [3.63, 3.8) is 0 Å². The van der Waals surface area contributed by atoms with Crippen molar-refractivity contribution in [1.29, 1.82) is 10.5 Å². The minimum Gasteiger partial charge on any atom is -0.181 e. The molecule has 0 saturated heterocycles. The minimum absolute atomic E-state index is 0. The summed E-state index contributed by atoms with van der Waals surface area (Å²) in [5.41, 5.74) is 0. The van der Waals surface area contributed by atoms with E-state index in [0.29, 0.717) is 0 Å². The van der Waals surface area contributed by atoms with Gasteiger partial charge in [-0.05, 0) is 0 Å². The molecule has 0 aromatic rings. The quantitative estimate of drug-likeness (QED) is 0.432. The Labute approximate surface area is 36.0 Å². The third-order valence-electron chi connectivity index (χ3n) is 0.0500. The van der Waals surface area contributed by atoms with Gasteiger partial charge in [0.2, 0.25) is 0 Å². The van der Waals surface area contributed by atoms with Gasteiger partial charge >= 0.3 is 0 Å². The van der Waals surface area contributed by atoms with Crippen molar-refractivity contribution >= 4 is 12.4 Å². The van der Waals surface area contributed by atoms with E-state index in [4.69, 9.17) is 10.5 Å². The average Bonchev–Trinajstić information content (AvgIpc) is 1.37. The zero-order valence-electron chi connectivity index (χ0n) is 2.30. The fourth-order valence-corrected chi connectivity index (χ4v) is 0. The van der Waals surface area contributed by atoms with Gasteiger partial charge in [-0.25, -0.2) is 0 Å². The largest absolute Gasteiger partial charge is 0.181 e. The topological polar surface area (TPSA) is 47.6 Å². The molecule has 0 bridgehead atoms. The molecule has 0 N–H and O–H groups in total. The maximum atomic E-state index is 7.26. The third kappa shape index (κ3) is 72.3. The molecule has 0 rings (SSSR count). The summed E-state index contributed by atoms with van der Waals surface area (Å²) in [6.45, 7) is 0. The first-order valence-corrected chi connectivity index (χ1v) is 0.697. The summed E-state index contributed by atoms with van der Waals surface area (Å²) in [6, 6.07) is 2.47. The highest BCUT2D eigenvalue weighted by Gasteiger charge is 1.39. The lowest BCUT2D eigenvalue weighted by molar-refractivity contribution is 1.49. The molecule has 0 aliphatic heterocycles. The summed E-state index contributed by atoms with van der Waals surface area (Å²) >= 11 is 0. The lowest BCUT2D eigenvalue weighted by atomic mass is 10.9. The van der Waals surface area contributed by atoms with Crippen LogP contribution in [0.25, 0.3) is 0 Å². The van der Waals surface area contributed by atoms with Crippen molar-refractivity contribution in [1.82, 2.24) is 0 Å². The van der Waals surface area contributed by atoms with E-state index in [-0.39, 0.29) is 12.4 Å². The summed E-state index contributed by atoms with van der Waals surface area (Å²) in [7, 11) is 0. The normalized spacial score (nSPS) is 2.00. The molecule has 5 heavy (non-hydrogen) atoms. The van der Waals surface area contributed by atoms with E-state index in [2.05, 4.69) is 0 Å². The molecule has 0 atom stereocenters. The van der Waals surface area contributed by atoms with Crippen LogP contribution in [0.1, 0.15) is 0 Å². The average molecular weight is 88.5 g/mol. The number of hydrogen-bond donors (Lipinski definition) is 0. The second-order valence-electron chi connectivity index (χ2n) is 0.224. The van der Waals surface area contributed by atoms with Gasteiger partial charge in [-0.1, -0.05) is 0 Å². The summed E-state index contributed by atoms with van der Waals surface area (Å²) in [5, 5.41) is 14.5. The minimum atomic E-state index is 0. The Morgan fingerprint density at radius 3 is 1.20 bits per heavy atom. The molecule has 0 aromatic heterocycles. The van der Waals surface area contributed by atoms with Crippen LogP contribution in [0.4, 0.5) is 0 Å². The Bertz CT molecular complexity index is 62.6. The Kier molecular flexibility index (Phi) is 18.5. The maximum Gasteiger partial charge on any atom is 0.181 e. The molecule has 2 nitrogen and oxygen atoms in total. The standard InChI is InChI=1S/C2N2.ClH/c3-1-2-4;/h;1H. The first-order chi connectivity index (χ1) is 1.91. The fraction of sp³-hybridized carbons (Fsp3) is 0. The molecular weight excluding hydrogens is 87.5 g/mol. The second kappa shape index (κ2) is 10.4. The molecule has 0 aliphatic rings. The predicted molar refractivity (Wildman–Crippen MR) is 18.5 cm³/mol. The second-order valence-corrected chi connectivity index (χ2v) is 0.224. The van der Waals surface area contributed by atoms with Crippen LogP contribution in [-0.4, -0.2) is 0 Å². The summed E-state index contributed by atoms with van der Waals surface area (Å²) < 4.78 is 0. The van der Waals surface area contributed by atoms with Crippen LogP contribution < -0.4 is 0 Å². The first kappa shape index (κ1) is 8.86. The summed E-state index contributed by atoms with van der Waals surface area (Å²) in [5.74, 6) is 0. The maximum absolute atomic E-state index is 7.26. The Morgan fingerprint density at radius 2 is 1.20 bits per heavy atom. The highest BCUT2D eigenvalue weighted by molar-refractivity contribution is 5.85. The molecule has 0 radical (unpaired) electrons. The van der Waals surface area contributed by atoms with Gasteiger partial charge < -0.3 is 0 Å². The molecule has 0 fully saturated rings. The van der Waals surface area contributed by atoms with Gasteiger partial charge in [-0.2, -0.15) is 10.5 Å². The molecule has 0 aliphatic carbocycles. The smallest absolute Gasteiger partial charge is 0.181 e. The molecular formula is C2HClN2. The molecule has 0 spiro atoms. The molecule has 0 amide bonds. The van der Waals surface area contributed by atoms with E-state index in [1.54, 1.807) is 0 Å². The van der Waals surface area contributed by atoms with Crippen LogP contribution in [0.3, 0.4) is 0 Å². The third-order valence-corrected chi connectivity index (χ3v) is 0.0500. The van der Waals surface area contributed by atoms with Crippen LogP contribution in [0.5, 0.6) is 0 Å². The van der Waals surface area contributed by atoms with E-state index < -0.39 is 0 Å². The van der Waals surface area contributed by atoms with E-state index in [0.717, 1.165) is 0 Å². The Morgan fingerprint density at radius 1 is 1.00 bits per heavy atom. The van der Waals surface area contributed by atoms with E-state index in [9.17, 15) is 0 Å². The predicted octanol–water partition coefficient (Wildman–Crippen LogP) is 0.455. The summed E-state index contributed by atoms with van der Waals surface area (Å²) in [6.07, 6.45) is 0. The van der Waals surface area contributed by atoms with E-state index >= 15 is 0 Å².